The fourth-order valence-corrected chi connectivity index (χ4v) is 3.31. The molecular weight excluding hydrogens is 270 g/mol. The fraction of sp³-hybridized carbons (Fsp3) is 0.786. The molecule has 2 bridgehead atoms. The Bertz CT molecular complexity index is 496. The number of aromatic nitrogens is 3. The first-order chi connectivity index (χ1) is 10.1. The number of hydrogen-bond acceptors (Lipinski definition) is 7. The van der Waals surface area contributed by atoms with Gasteiger partial charge >= 0.3 is 6.01 Å². The summed E-state index contributed by atoms with van der Waals surface area (Å²) in [6, 6.07) is 0.986. The number of aliphatic hydroxyl groups excluding tert-OH is 1. The molecule has 0 radical (unpaired) electrons. The third-order valence-corrected chi connectivity index (χ3v) is 4.11. The summed E-state index contributed by atoms with van der Waals surface area (Å²) in [5, 5.41) is 12.9. The lowest BCUT2D eigenvalue weighted by atomic mass is 10.0. The zero-order chi connectivity index (χ0) is 15.0. The largest absolute Gasteiger partial charge is 0.461 e. The number of hydrogen-bond donors (Lipinski definition) is 2. The van der Waals surface area contributed by atoms with E-state index in [1.54, 1.807) is 7.05 Å². The molecule has 0 amide bonds. The molecule has 21 heavy (non-hydrogen) atoms. The van der Waals surface area contributed by atoms with E-state index in [9.17, 15) is 5.11 Å². The quantitative estimate of drug-likeness (QED) is 0.862. The maximum absolute atomic E-state index is 9.91. The van der Waals surface area contributed by atoms with Crippen LogP contribution in [0.15, 0.2) is 0 Å². The molecule has 7 heteroatoms. The molecule has 2 aliphatic heterocycles. The molecule has 7 nitrogen and oxygen atoms in total. The minimum Gasteiger partial charge on any atom is -0.461 e. The van der Waals surface area contributed by atoms with Crippen LogP contribution < -0.4 is 15.0 Å². The van der Waals surface area contributed by atoms with Crippen LogP contribution in [0.2, 0.25) is 0 Å². The molecule has 0 saturated carbocycles. The summed E-state index contributed by atoms with van der Waals surface area (Å²) in [6.45, 7) is 3.90. The summed E-state index contributed by atoms with van der Waals surface area (Å²) in [5.41, 5.74) is 0. The van der Waals surface area contributed by atoms with Gasteiger partial charge in [-0.05, 0) is 39.5 Å². The SMILES string of the molecule is CNc1nc(OC(C)C)nc(N2C3CCC2CC(O)C3)n1. The van der Waals surface area contributed by atoms with Crippen LogP contribution in [0.25, 0.3) is 0 Å². The van der Waals surface area contributed by atoms with Crippen molar-refractivity contribution in [1.29, 1.82) is 0 Å². The van der Waals surface area contributed by atoms with E-state index >= 15 is 0 Å². The van der Waals surface area contributed by atoms with E-state index < -0.39 is 0 Å². The smallest absolute Gasteiger partial charge is 0.323 e. The van der Waals surface area contributed by atoms with Crippen molar-refractivity contribution in [2.75, 3.05) is 17.3 Å². The zero-order valence-electron chi connectivity index (χ0n) is 12.8. The van der Waals surface area contributed by atoms with Crippen molar-refractivity contribution in [1.82, 2.24) is 15.0 Å². The van der Waals surface area contributed by atoms with Gasteiger partial charge in [-0.25, -0.2) is 0 Å². The Morgan fingerprint density at radius 1 is 1.19 bits per heavy atom. The average molecular weight is 293 g/mol. The lowest BCUT2D eigenvalue weighted by Crippen LogP contribution is -2.45. The average Bonchev–Trinajstić information content (AvgIpc) is 2.70. The number of nitrogens with one attached hydrogen (secondary N) is 1. The van der Waals surface area contributed by atoms with Crippen LogP contribution in [-0.2, 0) is 0 Å². The number of fused-ring (bicyclic) bond motifs is 2. The lowest BCUT2D eigenvalue weighted by molar-refractivity contribution is 0.125. The normalized spacial score (nSPS) is 28.0. The van der Waals surface area contributed by atoms with Gasteiger partial charge in [-0.2, -0.15) is 15.0 Å². The maximum atomic E-state index is 9.91. The molecule has 2 aliphatic rings. The molecule has 3 heterocycles. The number of rotatable bonds is 4. The number of aliphatic hydroxyl groups is 1. The molecule has 2 saturated heterocycles. The van der Waals surface area contributed by atoms with E-state index in [-0.39, 0.29) is 12.2 Å². The molecule has 116 valence electrons. The second-order valence-corrected chi connectivity index (χ2v) is 6.08. The van der Waals surface area contributed by atoms with Crippen molar-refractivity contribution in [3.05, 3.63) is 0 Å². The molecule has 2 N–H and O–H groups in total. The molecule has 2 fully saturated rings. The summed E-state index contributed by atoms with van der Waals surface area (Å²) in [6.07, 6.45) is 3.57. The van der Waals surface area contributed by atoms with Gasteiger partial charge in [0, 0.05) is 19.1 Å². The highest BCUT2D eigenvalue weighted by atomic mass is 16.5. The number of anilines is 2. The van der Waals surface area contributed by atoms with E-state index in [0.29, 0.717) is 30.0 Å². The third kappa shape index (κ3) is 2.88. The first-order valence-electron chi connectivity index (χ1n) is 7.63. The van der Waals surface area contributed by atoms with Crippen molar-refractivity contribution in [2.45, 2.75) is 63.8 Å². The third-order valence-electron chi connectivity index (χ3n) is 4.11. The number of nitrogens with zero attached hydrogens (tertiary/aromatic N) is 4. The second kappa shape index (κ2) is 5.63. The minimum absolute atomic E-state index is 0.0184. The van der Waals surface area contributed by atoms with Gasteiger partial charge in [-0.3, -0.25) is 0 Å². The first-order valence-corrected chi connectivity index (χ1v) is 7.63. The van der Waals surface area contributed by atoms with Crippen LogP contribution in [0.1, 0.15) is 39.5 Å². The standard InChI is InChI=1S/C14H23N5O2/c1-8(2)21-14-17-12(15-3)16-13(18-14)19-9-4-5-10(19)7-11(20)6-9/h8-11,20H,4-7H2,1-3H3,(H,15,16,17,18). The highest BCUT2D eigenvalue weighted by Gasteiger charge is 2.41. The maximum Gasteiger partial charge on any atom is 0.323 e. The van der Waals surface area contributed by atoms with Gasteiger partial charge in [0.05, 0.1) is 12.2 Å². The summed E-state index contributed by atoms with van der Waals surface area (Å²) >= 11 is 0. The predicted molar refractivity (Wildman–Crippen MR) is 79.7 cm³/mol. The van der Waals surface area contributed by atoms with Crippen molar-refractivity contribution < 1.29 is 9.84 Å². The van der Waals surface area contributed by atoms with E-state index in [4.69, 9.17) is 4.74 Å². The van der Waals surface area contributed by atoms with Gasteiger partial charge in [0.2, 0.25) is 11.9 Å². The van der Waals surface area contributed by atoms with Crippen molar-refractivity contribution in [3.63, 3.8) is 0 Å². The van der Waals surface area contributed by atoms with Gasteiger partial charge in [0.25, 0.3) is 0 Å². The Morgan fingerprint density at radius 2 is 1.86 bits per heavy atom. The van der Waals surface area contributed by atoms with E-state index in [1.165, 1.54) is 0 Å². The molecule has 1 aromatic rings. The topological polar surface area (TPSA) is 83.4 Å². The van der Waals surface area contributed by atoms with Crippen LogP contribution in [0.3, 0.4) is 0 Å². The van der Waals surface area contributed by atoms with Crippen LogP contribution in [0.5, 0.6) is 6.01 Å². The summed E-state index contributed by atoms with van der Waals surface area (Å²) in [7, 11) is 1.78. The van der Waals surface area contributed by atoms with E-state index in [1.807, 2.05) is 13.8 Å². The van der Waals surface area contributed by atoms with Gasteiger partial charge in [0.1, 0.15) is 0 Å². The summed E-state index contributed by atoms with van der Waals surface area (Å²) in [4.78, 5) is 15.4. The Hall–Kier alpha value is -1.63. The van der Waals surface area contributed by atoms with Gasteiger partial charge in [-0.15, -0.1) is 0 Å². The molecule has 0 aromatic carbocycles. The highest BCUT2D eigenvalue weighted by molar-refractivity contribution is 5.42. The van der Waals surface area contributed by atoms with Crippen LogP contribution >= 0.6 is 0 Å². The van der Waals surface area contributed by atoms with Crippen LogP contribution in [-0.4, -0.2) is 51.4 Å². The van der Waals surface area contributed by atoms with Gasteiger partial charge < -0.3 is 20.1 Å². The lowest BCUT2D eigenvalue weighted by Gasteiger charge is -2.37. The van der Waals surface area contributed by atoms with Crippen LogP contribution in [0.4, 0.5) is 11.9 Å². The molecule has 2 atom stereocenters. The molecular formula is C14H23N5O2. The molecule has 3 rings (SSSR count). The fourth-order valence-electron chi connectivity index (χ4n) is 3.31. The number of piperidine rings is 1. The van der Waals surface area contributed by atoms with E-state index in [0.717, 1.165) is 25.7 Å². The summed E-state index contributed by atoms with van der Waals surface area (Å²) in [5.74, 6) is 1.17. The van der Waals surface area contributed by atoms with Gasteiger partial charge in [-0.1, -0.05) is 0 Å². The Kier molecular flexibility index (Phi) is 3.84. The Balaban J connectivity index is 1.91. The zero-order valence-corrected chi connectivity index (χ0v) is 12.8. The van der Waals surface area contributed by atoms with Crippen molar-refractivity contribution >= 4 is 11.9 Å². The molecule has 1 aromatic heterocycles. The Labute approximate surface area is 124 Å². The molecule has 2 unspecified atom stereocenters. The minimum atomic E-state index is -0.198. The highest BCUT2D eigenvalue weighted by Crippen LogP contribution is 2.38. The number of ether oxygens (including phenoxy) is 1. The summed E-state index contributed by atoms with van der Waals surface area (Å²) < 4.78 is 5.62. The predicted octanol–water partition coefficient (Wildman–Crippen LogP) is 1.19. The van der Waals surface area contributed by atoms with Gasteiger partial charge in [0.15, 0.2) is 0 Å². The first kappa shape index (κ1) is 14.3. The second-order valence-electron chi connectivity index (χ2n) is 6.08. The van der Waals surface area contributed by atoms with Crippen molar-refractivity contribution in [2.24, 2.45) is 0 Å². The molecule has 0 spiro atoms. The molecule has 0 aliphatic carbocycles. The van der Waals surface area contributed by atoms with E-state index in [2.05, 4.69) is 25.2 Å². The van der Waals surface area contributed by atoms with Crippen molar-refractivity contribution in [3.8, 4) is 6.01 Å². The van der Waals surface area contributed by atoms with Crippen LogP contribution in [0, 0.1) is 0 Å². The monoisotopic (exact) mass is 293 g/mol. The Morgan fingerprint density at radius 3 is 2.43 bits per heavy atom.